The number of carbonyl (C=O) groups is 2. The van der Waals surface area contributed by atoms with Crippen LogP contribution in [0.2, 0.25) is 5.02 Å². The molecule has 0 atom stereocenters. The summed E-state index contributed by atoms with van der Waals surface area (Å²) in [6.45, 7) is -0.331. The lowest BCUT2D eigenvalue weighted by Gasteiger charge is -2.26. The molecule has 134 valence electrons. The number of benzene rings is 3. The molecular formula is C22H15ClO4. The van der Waals surface area contributed by atoms with Gasteiger partial charge in [-0.25, -0.2) is 0 Å². The number of fused-ring (bicyclic) bond motifs is 2. The molecule has 0 fully saturated rings. The van der Waals surface area contributed by atoms with Crippen LogP contribution in [0.4, 0.5) is 0 Å². The first kappa shape index (κ1) is 17.3. The van der Waals surface area contributed by atoms with Crippen molar-refractivity contribution in [3.63, 3.8) is 0 Å². The van der Waals surface area contributed by atoms with Crippen molar-refractivity contribution in [2.75, 3.05) is 6.61 Å². The number of para-hydroxylation sites is 2. The predicted molar refractivity (Wildman–Crippen MR) is 102 cm³/mol. The molecule has 1 aliphatic rings. The monoisotopic (exact) mass is 378 g/mol. The van der Waals surface area contributed by atoms with E-state index in [2.05, 4.69) is 0 Å². The highest BCUT2D eigenvalue weighted by Gasteiger charge is 2.33. The topological polar surface area (TPSA) is 52.6 Å². The number of ketones is 1. The van der Waals surface area contributed by atoms with Gasteiger partial charge < -0.3 is 9.47 Å². The van der Waals surface area contributed by atoms with Crippen LogP contribution < -0.4 is 4.74 Å². The average Bonchev–Trinajstić information content (AvgIpc) is 2.70. The molecule has 3 aromatic rings. The molecule has 0 amide bonds. The minimum atomic E-state index is -0.635. The maximum atomic E-state index is 12.9. The predicted octanol–water partition coefficient (Wildman–Crippen LogP) is 5.00. The SMILES string of the molecule is O=C(COC(=O)C1c2ccccc2Oc2ccccc21)c1ccc(Cl)cc1. The molecule has 0 saturated carbocycles. The second kappa shape index (κ2) is 7.25. The van der Waals surface area contributed by atoms with Crippen molar-refractivity contribution < 1.29 is 19.1 Å². The van der Waals surface area contributed by atoms with Gasteiger partial charge in [-0.2, -0.15) is 0 Å². The van der Waals surface area contributed by atoms with Gasteiger partial charge in [0, 0.05) is 21.7 Å². The Labute approximate surface area is 161 Å². The van der Waals surface area contributed by atoms with E-state index in [1.807, 2.05) is 48.5 Å². The molecule has 0 aromatic heterocycles. The van der Waals surface area contributed by atoms with Crippen LogP contribution in [-0.4, -0.2) is 18.4 Å². The van der Waals surface area contributed by atoms with E-state index in [-0.39, 0.29) is 12.4 Å². The van der Waals surface area contributed by atoms with Gasteiger partial charge in [0.2, 0.25) is 0 Å². The van der Waals surface area contributed by atoms with Gasteiger partial charge in [0.05, 0.1) is 0 Å². The van der Waals surface area contributed by atoms with Crippen molar-refractivity contribution in [2.45, 2.75) is 5.92 Å². The number of hydrogen-bond donors (Lipinski definition) is 0. The van der Waals surface area contributed by atoms with Crippen LogP contribution in [-0.2, 0) is 9.53 Å². The van der Waals surface area contributed by atoms with Crippen molar-refractivity contribution in [1.29, 1.82) is 0 Å². The molecule has 0 unspecified atom stereocenters. The number of ether oxygens (including phenoxy) is 2. The van der Waals surface area contributed by atoms with Gasteiger partial charge in [-0.15, -0.1) is 0 Å². The van der Waals surface area contributed by atoms with Crippen molar-refractivity contribution in [1.82, 2.24) is 0 Å². The zero-order chi connectivity index (χ0) is 18.8. The fourth-order valence-corrected chi connectivity index (χ4v) is 3.23. The summed E-state index contributed by atoms with van der Waals surface area (Å²) in [5.74, 6) is -0.178. The standard InChI is InChI=1S/C22H15ClO4/c23-15-11-9-14(10-12-15)18(24)13-26-22(25)21-16-5-1-3-7-19(16)27-20-8-4-2-6-17(20)21/h1-12,21H,13H2. The second-order valence-electron chi connectivity index (χ2n) is 6.15. The summed E-state index contributed by atoms with van der Waals surface area (Å²) in [5.41, 5.74) is 1.89. The Bertz CT molecular complexity index is 965. The van der Waals surface area contributed by atoms with Crippen molar-refractivity contribution in [2.24, 2.45) is 0 Å². The fraction of sp³-hybridized carbons (Fsp3) is 0.0909. The third kappa shape index (κ3) is 3.44. The van der Waals surface area contributed by atoms with Crippen LogP contribution >= 0.6 is 11.6 Å². The highest BCUT2D eigenvalue weighted by molar-refractivity contribution is 6.30. The molecule has 3 aromatic carbocycles. The number of Topliss-reactive ketones (excluding diaryl/α,β-unsaturated/α-hetero) is 1. The summed E-state index contributed by atoms with van der Waals surface area (Å²) >= 11 is 5.83. The number of esters is 1. The molecule has 0 aliphatic carbocycles. The first-order valence-electron chi connectivity index (χ1n) is 8.44. The van der Waals surface area contributed by atoms with Crippen LogP contribution in [0.3, 0.4) is 0 Å². The summed E-state index contributed by atoms with van der Waals surface area (Å²) in [6.07, 6.45) is 0. The van der Waals surface area contributed by atoms with Gasteiger partial charge in [0.25, 0.3) is 0 Å². The van der Waals surface area contributed by atoms with Gasteiger partial charge in [0.1, 0.15) is 17.4 Å². The molecule has 4 rings (SSSR count). The largest absolute Gasteiger partial charge is 0.457 e. The highest BCUT2D eigenvalue weighted by Crippen LogP contribution is 2.44. The molecule has 0 saturated heterocycles. The first-order chi connectivity index (χ1) is 13.1. The van der Waals surface area contributed by atoms with Crippen LogP contribution in [0.1, 0.15) is 27.4 Å². The van der Waals surface area contributed by atoms with E-state index in [1.54, 1.807) is 24.3 Å². The third-order valence-corrected chi connectivity index (χ3v) is 4.68. The molecule has 0 N–H and O–H groups in total. The van der Waals surface area contributed by atoms with Crippen LogP contribution in [0.5, 0.6) is 11.5 Å². The molecule has 4 nitrogen and oxygen atoms in total. The Balaban J connectivity index is 1.57. The summed E-state index contributed by atoms with van der Waals surface area (Å²) in [6, 6.07) is 21.1. The first-order valence-corrected chi connectivity index (χ1v) is 8.82. The quantitative estimate of drug-likeness (QED) is 0.473. The maximum Gasteiger partial charge on any atom is 0.318 e. The molecule has 0 spiro atoms. The van der Waals surface area contributed by atoms with Gasteiger partial charge in [-0.1, -0.05) is 48.0 Å². The van der Waals surface area contributed by atoms with Crippen molar-refractivity contribution in [3.8, 4) is 11.5 Å². The molecular weight excluding hydrogens is 364 g/mol. The lowest BCUT2D eigenvalue weighted by atomic mass is 9.88. The Morgan fingerprint density at radius 3 is 2.00 bits per heavy atom. The summed E-state index contributed by atoms with van der Waals surface area (Å²) < 4.78 is 11.2. The number of carbonyl (C=O) groups excluding carboxylic acids is 2. The van der Waals surface area contributed by atoms with Gasteiger partial charge >= 0.3 is 5.97 Å². The van der Waals surface area contributed by atoms with E-state index in [0.29, 0.717) is 22.1 Å². The lowest BCUT2D eigenvalue weighted by Crippen LogP contribution is -2.23. The molecule has 5 heteroatoms. The molecule has 0 radical (unpaired) electrons. The van der Waals surface area contributed by atoms with E-state index in [0.717, 1.165) is 11.1 Å². The van der Waals surface area contributed by atoms with E-state index in [9.17, 15) is 9.59 Å². The molecule has 0 bridgehead atoms. The lowest BCUT2D eigenvalue weighted by molar-refractivity contribution is -0.143. The second-order valence-corrected chi connectivity index (χ2v) is 6.58. The van der Waals surface area contributed by atoms with E-state index < -0.39 is 11.9 Å². The fourth-order valence-electron chi connectivity index (χ4n) is 3.10. The van der Waals surface area contributed by atoms with Gasteiger partial charge in [-0.3, -0.25) is 9.59 Å². The summed E-state index contributed by atoms with van der Waals surface area (Å²) in [5, 5.41) is 0.541. The number of halogens is 1. The van der Waals surface area contributed by atoms with E-state index in [1.165, 1.54) is 0 Å². The van der Waals surface area contributed by atoms with Crippen molar-refractivity contribution >= 4 is 23.4 Å². The Morgan fingerprint density at radius 2 is 1.41 bits per heavy atom. The van der Waals surface area contributed by atoms with E-state index in [4.69, 9.17) is 21.1 Å². The zero-order valence-electron chi connectivity index (χ0n) is 14.2. The maximum absolute atomic E-state index is 12.9. The minimum Gasteiger partial charge on any atom is -0.457 e. The Hall–Kier alpha value is -3.11. The Morgan fingerprint density at radius 1 is 0.852 bits per heavy atom. The van der Waals surface area contributed by atoms with Gasteiger partial charge in [-0.05, 0) is 36.4 Å². The summed E-state index contributed by atoms with van der Waals surface area (Å²) in [4.78, 5) is 25.2. The molecule has 1 aliphatic heterocycles. The average molecular weight is 379 g/mol. The van der Waals surface area contributed by atoms with Crippen molar-refractivity contribution in [3.05, 3.63) is 94.5 Å². The number of hydrogen-bond acceptors (Lipinski definition) is 4. The summed E-state index contributed by atoms with van der Waals surface area (Å²) in [7, 11) is 0. The number of rotatable bonds is 4. The van der Waals surface area contributed by atoms with Crippen LogP contribution in [0.15, 0.2) is 72.8 Å². The van der Waals surface area contributed by atoms with Crippen LogP contribution in [0, 0.1) is 0 Å². The molecule has 1 heterocycles. The van der Waals surface area contributed by atoms with E-state index >= 15 is 0 Å². The smallest absolute Gasteiger partial charge is 0.318 e. The van der Waals surface area contributed by atoms with Gasteiger partial charge in [0.15, 0.2) is 12.4 Å². The van der Waals surface area contributed by atoms with Crippen LogP contribution in [0.25, 0.3) is 0 Å². The third-order valence-electron chi connectivity index (χ3n) is 4.43. The normalized spacial score (nSPS) is 12.5. The molecule has 27 heavy (non-hydrogen) atoms. The highest BCUT2D eigenvalue weighted by atomic mass is 35.5. The minimum absolute atomic E-state index is 0.284. The zero-order valence-corrected chi connectivity index (χ0v) is 15.0. The Kier molecular flexibility index (Phi) is 4.65.